The van der Waals surface area contributed by atoms with E-state index in [0.29, 0.717) is 116 Å². The minimum atomic E-state index is -0.568. The molecule has 8 aromatic heterocycles. The number of pyridine rings is 3. The van der Waals surface area contributed by atoms with E-state index < -0.39 is 11.9 Å². The van der Waals surface area contributed by atoms with Gasteiger partial charge in [0.2, 0.25) is 23.7 Å². The number of aryl methyl sites for hydroxylation is 8. The van der Waals surface area contributed by atoms with Gasteiger partial charge in [0.05, 0.1) is 59.7 Å². The first-order valence-electron chi connectivity index (χ1n) is 35.0. The van der Waals surface area contributed by atoms with E-state index >= 15 is 0 Å². The molecule has 0 unspecified atom stereocenters. The van der Waals surface area contributed by atoms with Gasteiger partial charge >= 0.3 is 5.97 Å². The topological polar surface area (TPSA) is 386 Å². The van der Waals surface area contributed by atoms with Gasteiger partial charge in [-0.25, -0.2) is 24.7 Å². The minimum Gasteiger partial charge on any atom is -0.461 e. The summed E-state index contributed by atoms with van der Waals surface area (Å²) in [4.78, 5) is 88.2. The number of aromatic nitrogens is 13. The number of hydrogen-bond donors (Lipinski definition) is 4. The highest BCUT2D eigenvalue weighted by Gasteiger charge is 2.24. The molecule has 0 spiro atoms. The van der Waals surface area contributed by atoms with Gasteiger partial charge in [0.25, 0.3) is 17.7 Å². The molecule has 15 rings (SSSR count). The molecule has 9 heterocycles. The van der Waals surface area contributed by atoms with Crippen molar-refractivity contribution in [3.8, 4) is 86.5 Å². The lowest BCUT2D eigenvalue weighted by molar-refractivity contribution is 0.0519. The number of anilines is 6. The number of benzene rings is 6. The van der Waals surface area contributed by atoms with Gasteiger partial charge in [-0.3, -0.25) is 19.6 Å². The number of nitriles is 3. The van der Waals surface area contributed by atoms with Gasteiger partial charge in [-0.2, -0.15) is 45.7 Å². The summed E-state index contributed by atoms with van der Waals surface area (Å²) in [5, 5.41) is 36.6. The van der Waals surface area contributed by atoms with E-state index in [1.54, 1.807) is 140 Å². The van der Waals surface area contributed by atoms with Crippen LogP contribution < -0.4 is 35.9 Å². The fraction of sp³-hybridized carbons (Fsp3) is 0.143. The number of imidazole rings is 2. The van der Waals surface area contributed by atoms with Crippen LogP contribution in [0.4, 0.5) is 40.7 Å². The van der Waals surface area contributed by atoms with Crippen LogP contribution in [0, 0.1) is 75.5 Å². The number of amides is 1. The third kappa shape index (κ3) is 16.8. The Morgan fingerprint density at radius 1 is 0.473 bits per heavy atom. The minimum absolute atomic E-state index is 0.0676. The van der Waals surface area contributed by atoms with E-state index in [9.17, 15) is 14.4 Å². The quantitative estimate of drug-likeness (QED) is 0.0431. The zero-order chi connectivity index (χ0) is 78.9. The van der Waals surface area contributed by atoms with Crippen molar-refractivity contribution in [2.75, 3.05) is 22.6 Å². The number of nitrogens with zero attached hydrogens (tertiary/aromatic N) is 17. The molecule has 0 aliphatic carbocycles. The van der Waals surface area contributed by atoms with Crippen LogP contribution >= 0.6 is 0 Å². The first-order valence-corrected chi connectivity index (χ1v) is 35.0. The van der Waals surface area contributed by atoms with Crippen molar-refractivity contribution in [3.05, 3.63) is 250 Å². The Hall–Kier alpha value is -15.5. The van der Waals surface area contributed by atoms with E-state index in [1.807, 2.05) is 115 Å². The van der Waals surface area contributed by atoms with E-state index in [2.05, 4.69) is 94.0 Å². The van der Waals surface area contributed by atoms with Crippen LogP contribution in [-0.2, 0) is 25.3 Å². The van der Waals surface area contributed by atoms with E-state index in [-0.39, 0.29) is 17.2 Å². The number of fused-ring (bicyclic) bond motifs is 3. The summed E-state index contributed by atoms with van der Waals surface area (Å²) in [5.41, 5.74) is 24.2. The molecule has 1 amide bonds. The second-order valence-electron chi connectivity index (χ2n) is 25.9. The molecule has 1 aliphatic rings. The second kappa shape index (κ2) is 32.7. The number of rotatable bonds is 19. The Bertz CT molecular complexity index is 6080. The Morgan fingerprint density at radius 2 is 0.884 bits per heavy atom. The van der Waals surface area contributed by atoms with Gasteiger partial charge in [-0.15, -0.1) is 0 Å². The molecular weight excluding hydrogens is 1420 g/mol. The third-order valence-corrected chi connectivity index (χ3v) is 17.7. The summed E-state index contributed by atoms with van der Waals surface area (Å²) in [7, 11) is 3.71. The monoisotopic (exact) mass is 1480 g/mol. The van der Waals surface area contributed by atoms with Crippen LogP contribution in [0.1, 0.15) is 101 Å². The number of nitrogens with two attached hydrogens (primary N) is 1. The summed E-state index contributed by atoms with van der Waals surface area (Å²) in [6.07, 6.45) is 10.7. The fourth-order valence-electron chi connectivity index (χ4n) is 12.1. The maximum atomic E-state index is 11.9. The Morgan fingerprint density at radius 3 is 1.32 bits per heavy atom. The molecule has 0 bridgehead atoms. The molecular formula is C84H69N21O7. The zero-order valence-corrected chi connectivity index (χ0v) is 62.3. The average molecular weight is 1480 g/mol. The first-order chi connectivity index (χ1) is 54.1. The van der Waals surface area contributed by atoms with E-state index in [1.165, 1.54) is 6.92 Å². The van der Waals surface area contributed by atoms with E-state index in [4.69, 9.17) is 40.5 Å². The lowest BCUT2D eigenvalue weighted by Gasteiger charge is -2.16. The van der Waals surface area contributed by atoms with Gasteiger partial charge < -0.3 is 49.8 Å². The SMILES string of the molecule is CC(=O)c1ccc(-c2cc(C)c(Oc3nc(Nc4ccc(C#N)cc4)nc4ncn(C)c34)c(C)c2)cn1.CCOC(=O)c1ccc(-c2cc(C)c(Oc3nc(Nc4ccc(C#N)cc4)nc4c3CC=N4)c(C)c2)cn1.Cc1cc(-c2ccc(C(N)=O)nc2)cc(C)c1Oc1nc(Nc2ccc(C#N)cc2)nc2c1ncn2C. The standard InChI is InChI=1S/C29H24N6O3.C28H23N7O2.C27H22N8O2/c1-4-37-28(36)24-10-7-20(16-32-24)21-13-17(2)25(18(3)14-21)38-27-23-11-12-31-26(23)34-29(35-27)33-22-8-5-19(15-30)6-9-22;1-16-11-21(20-7-10-23(18(3)36)30-14-20)12-17(2)25(16)37-27-24-26(31-15-35(24)4)33-28(34-27)32-22-8-5-19(13-29)6-9-22;1-15-10-19(18-6-9-21(24(29)36)30-13-18)11-16(2)23(15)37-26-22-25(35(3)14-31-22)33-27(34-26)32-20-7-4-17(12-28)5-8-20/h5-10,12-14,16H,4,11H2,1-3H3,(H,33,34,35);5-12,14-15H,1-4H3,(H,32,33,34);4-11,13-14H,1-3H3,(H2,29,36)(H,32,33,34). The average Bonchev–Trinajstić information content (AvgIpc) is 1.47. The number of ketones is 1. The molecule has 0 radical (unpaired) electrons. The Labute approximate surface area is 642 Å². The highest BCUT2D eigenvalue weighted by Crippen LogP contribution is 2.41. The number of carbonyl (C=O) groups excluding carboxylic acids is 3. The highest BCUT2D eigenvalue weighted by atomic mass is 16.5. The van der Waals surface area contributed by atoms with Crippen LogP contribution in [0.25, 0.3) is 55.7 Å². The third-order valence-electron chi connectivity index (χ3n) is 17.7. The summed E-state index contributed by atoms with van der Waals surface area (Å²) < 4.78 is 27.7. The van der Waals surface area contributed by atoms with Gasteiger partial charge in [-0.1, -0.05) is 18.2 Å². The van der Waals surface area contributed by atoms with Gasteiger partial charge in [-0.05, 0) is 226 Å². The molecule has 0 saturated carbocycles. The Balaban J connectivity index is 0.000000147. The van der Waals surface area contributed by atoms with Crippen molar-refractivity contribution >= 4 is 86.9 Å². The first kappa shape index (κ1) is 74.8. The molecule has 0 fully saturated rings. The van der Waals surface area contributed by atoms with Crippen molar-refractivity contribution in [2.45, 2.75) is 61.8 Å². The van der Waals surface area contributed by atoms with Gasteiger partial charge in [0.15, 0.2) is 33.9 Å². The van der Waals surface area contributed by atoms with Gasteiger partial charge in [0.1, 0.15) is 34.3 Å². The molecule has 552 valence electrons. The molecule has 6 aromatic carbocycles. The molecule has 0 atom stereocenters. The predicted molar refractivity (Wildman–Crippen MR) is 422 cm³/mol. The maximum absolute atomic E-state index is 11.9. The number of hydrogen-bond acceptors (Lipinski definition) is 25. The largest absolute Gasteiger partial charge is 0.461 e. The summed E-state index contributed by atoms with van der Waals surface area (Å²) in [6.45, 7) is 15.4. The van der Waals surface area contributed by atoms with Crippen molar-refractivity contribution in [3.63, 3.8) is 0 Å². The van der Waals surface area contributed by atoms with Crippen LogP contribution in [0.2, 0.25) is 0 Å². The number of nitrogens with one attached hydrogen (secondary N) is 3. The summed E-state index contributed by atoms with van der Waals surface area (Å²) in [6, 6.07) is 49.9. The number of Topliss-reactive ketones (excluding diaryl/α,β-unsaturated/α-hetero) is 1. The number of carbonyl (C=O) groups is 3. The zero-order valence-electron chi connectivity index (χ0n) is 62.3. The predicted octanol–water partition coefficient (Wildman–Crippen LogP) is 16.2. The van der Waals surface area contributed by atoms with Crippen LogP contribution in [0.5, 0.6) is 34.9 Å². The highest BCUT2D eigenvalue weighted by molar-refractivity contribution is 5.93. The van der Waals surface area contributed by atoms with Crippen molar-refractivity contribution in [2.24, 2.45) is 24.8 Å². The number of primary amides is 1. The molecule has 0 saturated heterocycles. The van der Waals surface area contributed by atoms with Gasteiger partial charge in [0, 0.05) is 86.0 Å². The van der Waals surface area contributed by atoms with Crippen molar-refractivity contribution in [1.82, 2.24) is 64.0 Å². The second-order valence-corrected chi connectivity index (χ2v) is 25.9. The molecule has 28 heteroatoms. The summed E-state index contributed by atoms with van der Waals surface area (Å²) >= 11 is 0. The molecule has 28 nitrogen and oxygen atoms in total. The lowest BCUT2D eigenvalue weighted by Crippen LogP contribution is -2.12. The fourth-order valence-corrected chi connectivity index (χ4v) is 12.1. The maximum Gasteiger partial charge on any atom is 0.356 e. The number of ether oxygens (including phenoxy) is 4. The Kier molecular flexibility index (Phi) is 21.8. The molecule has 112 heavy (non-hydrogen) atoms. The van der Waals surface area contributed by atoms with E-state index in [0.717, 1.165) is 89.4 Å². The normalized spacial score (nSPS) is 11.0. The number of esters is 1. The van der Waals surface area contributed by atoms with Crippen LogP contribution in [0.3, 0.4) is 0 Å². The van der Waals surface area contributed by atoms with Crippen molar-refractivity contribution in [1.29, 1.82) is 15.8 Å². The smallest absolute Gasteiger partial charge is 0.356 e. The molecule has 5 N–H and O–H groups in total. The molecule has 1 aliphatic heterocycles. The molecule has 14 aromatic rings. The summed E-state index contributed by atoms with van der Waals surface area (Å²) in [5.74, 6) is 3.65. The van der Waals surface area contributed by atoms with Crippen LogP contribution in [0.15, 0.2) is 182 Å². The van der Waals surface area contributed by atoms with Crippen molar-refractivity contribution < 1.29 is 33.3 Å². The lowest BCUT2D eigenvalue weighted by atomic mass is 10.0. The number of aliphatic imine (C=N–C) groups is 1. The van der Waals surface area contributed by atoms with Crippen LogP contribution in [-0.4, -0.2) is 94.4 Å².